The number of aliphatic carboxylic acids is 1. The van der Waals surface area contributed by atoms with E-state index in [0.717, 1.165) is 11.1 Å². The molecule has 0 spiro atoms. The molecule has 0 saturated carbocycles. The largest absolute Gasteiger partial charge is 0.497 e. The van der Waals surface area contributed by atoms with E-state index in [9.17, 15) is 14.7 Å². The van der Waals surface area contributed by atoms with Crippen molar-refractivity contribution in [1.82, 2.24) is 5.32 Å². The van der Waals surface area contributed by atoms with E-state index in [1.165, 1.54) is 0 Å². The molecule has 1 amide bonds. The summed E-state index contributed by atoms with van der Waals surface area (Å²) in [4.78, 5) is 23.5. The molecule has 0 aromatic heterocycles. The van der Waals surface area contributed by atoms with E-state index in [1.807, 2.05) is 30.3 Å². The molecule has 6 nitrogen and oxygen atoms in total. The van der Waals surface area contributed by atoms with Crippen LogP contribution in [-0.2, 0) is 16.1 Å². The average molecular weight is 343 g/mol. The maximum absolute atomic E-state index is 12.0. The summed E-state index contributed by atoms with van der Waals surface area (Å²) in [7, 11) is 1.56. The van der Waals surface area contributed by atoms with Crippen molar-refractivity contribution in [2.45, 2.75) is 25.5 Å². The van der Waals surface area contributed by atoms with Crippen LogP contribution in [0.25, 0.3) is 0 Å². The summed E-state index contributed by atoms with van der Waals surface area (Å²) in [6.45, 7) is 1.81. The Morgan fingerprint density at radius 1 is 1.08 bits per heavy atom. The zero-order valence-electron chi connectivity index (χ0n) is 14.1. The Kier molecular flexibility index (Phi) is 6.39. The highest BCUT2D eigenvalue weighted by atomic mass is 16.5. The fraction of sp³-hybridized carbons (Fsp3) is 0.263. The lowest BCUT2D eigenvalue weighted by atomic mass is 9.93. The van der Waals surface area contributed by atoms with Crippen LogP contribution in [0.1, 0.15) is 24.0 Å². The predicted molar refractivity (Wildman–Crippen MR) is 92.6 cm³/mol. The number of ether oxygens (including phenoxy) is 2. The highest BCUT2D eigenvalue weighted by Crippen LogP contribution is 2.22. The SMILES string of the molecule is COc1ccc(C(C)[C@H](NC(=O)OCc2ccccc2)C(=O)O)cc1. The van der Waals surface area contributed by atoms with Gasteiger partial charge in [-0.2, -0.15) is 0 Å². The maximum Gasteiger partial charge on any atom is 0.408 e. The molecule has 2 atom stereocenters. The molecule has 2 aromatic carbocycles. The van der Waals surface area contributed by atoms with Crippen molar-refractivity contribution in [3.63, 3.8) is 0 Å². The van der Waals surface area contributed by atoms with Crippen molar-refractivity contribution < 1.29 is 24.2 Å². The number of amides is 1. The van der Waals surface area contributed by atoms with Crippen molar-refractivity contribution in [3.8, 4) is 5.75 Å². The van der Waals surface area contributed by atoms with Crippen LogP contribution in [0.5, 0.6) is 5.75 Å². The Labute approximate surface area is 146 Å². The summed E-state index contributed by atoms with van der Waals surface area (Å²) in [5.41, 5.74) is 1.60. The van der Waals surface area contributed by atoms with Gasteiger partial charge in [0.2, 0.25) is 0 Å². The van der Waals surface area contributed by atoms with Gasteiger partial charge in [-0.05, 0) is 23.3 Å². The molecule has 1 unspecified atom stereocenters. The summed E-state index contributed by atoms with van der Waals surface area (Å²) in [5.74, 6) is -0.884. The Balaban J connectivity index is 1.99. The van der Waals surface area contributed by atoms with Crippen LogP contribution in [0.4, 0.5) is 4.79 Å². The van der Waals surface area contributed by atoms with Crippen LogP contribution in [-0.4, -0.2) is 30.3 Å². The summed E-state index contributed by atoms with van der Waals surface area (Å²) in [6.07, 6.45) is -0.767. The first-order valence-corrected chi connectivity index (χ1v) is 7.85. The van der Waals surface area contributed by atoms with Gasteiger partial charge in [0, 0.05) is 5.92 Å². The van der Waals surface area contributed by atoms with Gasteiger partial charge in [-0.15, -0.1) is 0 Å². The first-order chi connectivity index (χ1) is 12.0. The number of methoxy groups -OCH3 is 1. The van der Waals surface area contributed by atoms with E-state index in [0.29, 0.717) is 5.75 Å². The molecular formula is C19H21NO5. The van der Waals surface area contributed by atoms with Crippen LogP contribution in [0, 0.1) is 0 Å². The summed E-state index contributed by atoms with van der Waals surface area (Å²) in [5, 5.41) is 11.9. The highest BCUT2D eigenvalue weighted by Gasteiger charge is 2.28. The molecule has 0 aliphatic heterocycles. The van der Waals surface area contributed by atoms with E-state index in [4.69, 9.17) is 9.47 Å². The molecule has 0 fully saturated rings. The van der Waals surface area contributed by atoms with Crippen molar-refractivity contribution in [2.24, 2.45) is 0 Å². The molecule has 0 aliphatic carbocycles. The number of carbonyl (C=O) groups is 2. The zero-order chi connectivity index (χ0) is 18.2. The Hall–Kier alpha value is -3.02. The number of benzene rings is 2. The second-order valence-electron chi connectivity index (χ2n) is 5.58. The molecule has 6 heteroatoms. The summed E-state index contributed by atoms with van der Waals surface area (Å²) >= 11 is 0. The first-order valence-electron chi connectivity index (χ1n) is 7.85. The Morgan fingerprint density at radius 3 is 2.28 bits per heavy atom. The van der Waals surface area contributed by atoms with Gasteiger partial charge in [0.15, 0.2) is 0 Å². The van der Waals surface area contributed by atoms with Gasteiger partial charge < -0.3 is 19.9 Å². The lowest BCUT2D eigenvalue weighted by Crippen LogP contribution is -2.44. The zero-order valence-corrected chi connectivity index (χ0v) is 14.1. The molecule has 25 heavy (non-hydrogen) atoms. The molecule has 2 rings (SSSR count). The highest BCUT2D eigenvalue weighted by molar-refractivity contribution is 5.81. The molecule has 0 radical (unpaired) electrons. The minimum atomic E-state index is -1.13. The van der Waals surface area contributed by atoms with Gasteiger partial charge in [0.1, 0.15) is 18.4 Å². The number of carboxylic acids is 1. The van der Waals surface area contributed by atoms with Crippen LogP contribution >= 0.6 is 0 Å². The number of carboxylic acid groups (broad SMARTS) is 1. The summed E-state index contributed by atoms with van der Waals surface area (Å²) < 4.78 is 10.2. The van der Waals surface area contributed by atoms with Crippen LogP contribution < -0.4 is 10.1 Å². The lowest BCUT2D eigenvalue weighted by Gasteiger charge is -2.21. The monoisotopic (exact) mass is 343 g/mol. The third-order valence-corrected chi connectivity index (χ3v) is 3.89. The van der Waals surface area contributed by atoms with Crippen molar-refractivity contribution in [2.75, 3.05) is 7.11 Å². The fourth-order valence-corrected chi connectivity index (χ4v) is 2.39. The molecule has 0 saturated heterocycles. The number of rotatable bonds is 7. The normalized spacial score (nSPS) is 12.7. The van der Waals surface area contributed by atoms with Gasteiger partial charge in [0.05, 0.1) is 7.11 Å². The van der Waals surface area contributed by atoms with Gasteiger partial charge in [-0.1, -0.05) is 49.4 Å². The third kappa shape index (κ3) is 5.24. The van der Waals surface area contributed by atoms with Gasteiger partial charge in [-0.3, -0.25) is 0 Å². The number of hydrogen-bond donors (Lipinski definition) is 2. The number of hydrogen-bond acceptors (Lipinski definition) is 4. The molecule has 2 aromatic rings. The van der Waals surface area contributed by atoms with E-state index in [1.54, 1.807) is 38.3 Å². The molecule has 0 bridgehead atoms. The molecule has 0 heterocycles. The average Bonchev–Trinajstić information content (AvgIpc) is 2.64. The van der Waals surface area contributed by atoms with E-state index in [-0.39, 0.29) is 6.61 Å². The molecule has 2 N–H and O–H groups in total. The van der Waals surface area contributed by atoms with Crippen molar-refractivity contribution in [1.29, 1.82) is 0 Å². The smallest absolute Gasteiger partial charge is 0.408 e. The van der Waals surface area contributed by atoms with Gasteiger partial charge in [-0.25, -0.2) is 9.59 Å². The predicted octanol–water partition coefficient (Wildman–Crippen LogP) is 3.18. The molecule has 0 aliphatic rings. The maximum atomic E-state index is 12.0. The van der Waals surface area contributed by atoms with E-state index < -0.39 is 24.0 Å². The lowest BCUT2D eigenvalue weighted by molar-refractivity contribution is -0.139. The van der Waals surface area contributed by atoms with E-state index >= 15 is 0 Å². The van der Waals surface area contributed by atoms with Crippen molar-refractivity contribution in [3.05, 3.63) is 65.7 Å². The van der Waals surface area contributed by atoms with Crippen LogP contribution in [0.2, 0.25) is 0 Å². The van der Waals surface area contributed by atoms with E-state index in [2.05, 4.69) is 5.32 Å². The molecular weight excluding hydrogens is 322 g/mol. The third-order valence-electron chi connectivity index (χ3n) is 3.89. The number of carbonyl (C=O) groups excluding carboxylic acids is 1. The van der Waals surface area contributed by atoms with Gasteiger partial charge in [0.25, 0.3) is 0 Å². The first kappa shape index (κ1) is 18.3. The number of alkyl carbamates (subject to hydrolysis) is 1. The summed E-state index contributed by atoms with van der Waals surface area (Å²) in [6, 6.07) is 15.1. The second-order valence-corrected chi connectivity index (χ2v) is 5.58. The number of nitrogens with one attached hydrogen (secondary N) is 1. The van der Waals surface area contributed by atoms with Crippen LogP contribution in [0.15, 0.2) is 54.6 Å². The minimum absolute atomic E-state index is 0.0793. The molecule has 132 valence electrons. The second kappa shape index (κ2) is 8.73. The van der Waals surface area contributed by atoms with Crippen LogP contribution in [0.3, 0.4) is 0 Å². The quantitative estimate of drug-likeness (QED) is 0.806. The Morgan fingerprint density at radius 2 is 1.72 bits per heavy atom. The van der Waals surface area contributed by atoms with Gasteiger partial charge >= 0.3 is 12.1 Å². The topological polar surface area (TPSA) is 84.9 Å². The minimum Gasteiger partial charge on any atom is -0.497 e. The fourth-order valence-electron chi connectivity index (χ4n) is 2.39. The standard InChI is InChI=1S/C19H21NO5/c1-13(15-8-10-16(24-2)11-9-15)17(18(21)22)20-19(23)25-12-14-6-4-3-5-7-14/h3-11,13,17H,12H2,1-2H3,(H,20,23)(H,21,22)/t13?,17-/m0/s1. The van der Waals surface area contributed by atoms with Crippen molar-refractivity contribution >= 4 is 12.1 Å². The Bertz CT molecular complexity index is 700.